The van der Waals surface area contributed by atoms with E-state index in [1.807, 2.05) is 19.9 Å². The van der Waals surface area contributed by atoms with Crippen LogP contribution in [0.1, 0.15) is 44.2 Å². The molecule has 1 fully saturated rings. The highest BCUT2D eigenvalue weighted by Crippen LogP contribution is 2.58. The van der Waals surface area contributed by atoms with Crippen LogP contribution >= 0.6 is 0 Å². The molecular formula is C19H20O4. The molecular weight excluding hydrogens is 292 g/mol. The quantitative estimate of drug-likeness (QED) is 0.676. The number of hydrogen-bond donors (Lipinski definition) is 1. The van der Waals surface area contributed by atoms with Crippen LogP contribution in [-0.2, 0) is 11.8 Å². The summed E-state index contributed by atoms with van der Waals surface area (Å²) in [5.74, 6) is 0.843. The molecule has 4 rings (SSSR count). The van der Waals surface area contributed by atoms with E-state index in [2.05, 4.69) is 6.58 Å². The molecule has 0 amide bonds. The zero-order chi connectivity index (χ0) is 16.4. The number of ether oxygens (including phenoxy) is 1. The molecule has 0 saturated heterocycles. The Labute approximate surface area is 134 Å². The van der Waals surface area contributed by atoms with Crippen molar-refractivity contribution in [1.82, 2.24) is 0 Å². The Kier molecular flexibility index (Phi) is 2.75. The van der Waals surface area contributed by atoms with Gasteiger partial charge in [-0.25, -0.2) is 4.79 Å². The van der Waals surface area contributed by atoms with Crippen LogP contribution in [-0.4, -0.2) is 10.7 Å². The molecule has 4 nitrogen and oxygen atoms in total. The van der Waals surface area contributed by atoms with Crippen molar-refractivity contribution in [3.63, 3.8) is 0 Å². The summed E-state index contributed by atoms with van der Waals surface area (Å²) in [4.78, 5) is 11.8. The van der Waals surface area contributed by atoms with E-state index in [9.17, 15) is 9.90 Å². The van der Waals surface area contributed by atoms with Gasteiger partial charge < -0.3 is 14.3 Å². The summed E-state index contributed by atoms with van der Waals surface area (Å²) < 4.78 is 11.7. The Morgan fingerprint density at radius 3 is 2.65 bits per heavy atom. The molecule has 2 aliphatic rings. The first kappa shape index (κ1) is 14.4. The molecule has 4 heteroatoms. The summed E-state index contributed by atoms with van der Waals surface area (Å²) in [7, 11) is 0. The molecule has 0 atom stereocenters. The van der Waals surface area contributed by atoms with Gasteiger partial charge >= 0.3 is 5.63 Å². The van der Waals surface area contributed by atoms with E-state index in [0.29, 0.717) is 16.7 Å². The Morgan fingerprint density at radius 1 is 1.26 bits per heavy atom. The molecule has 1 N–H and O–H groups in total. The fourth-order valence-electron chi connectivity index (χ4n) is 3.55. The third kappa shape index (κ3) is 2.01. The fourth-order valence-corrected chi connectivity index (χ4v) is 3.55. The second-order valence-corrected chi connectivity index (χ2v) is 7.25. The molecule has 0 radical (unpaired) electrons. The topological polar surface area (TPSA) is 59.7 Å². The SMILES string of the molecule is C=CC1(c2c3c(c(O)c4ccc(=O)oc24)CCC(C)(C)O3)CC1. The number of rotatable bonds is 2. The van der Waals surface area contributed by atoms with Crippen molar-refractivity contribution in [2.45, 2.75) is 50.5 Å². The number of aromatic hydroxyl groups is 1. The molecule has 1 aromatic carbocycles. The van der Waals surface area contributed by atoms with Crippen molar-refractivity contribution in [3.8, 4) is 11.5 Å². The number of phenols is 1. The smallest absolute Gasteiger partial charge is 0.336 e. The Bertz CT molecular complexity index is 884. The number of fused-ring (bicyclic) bond motifs is 2. The first-order chi connectivity index (χ1) is 10.9. The van der Waals surface area contributed by atoms with E-state index >= 15 is 0 Å². The summed E-state index contributed by atoms with van der Waals surface area (Å²) in [6.07, 6.45) is 5.38. The van der Waals surface area contributed by atoms with Gasteiger partial charge in [-0.05, 0) is 45.6 Å². The molecule has 0 bridgehead atoms. The van der Waals surface area contributed by atoms with E-state index in [4.69, 9.17) is 9.15 Å². The van der Waals surface area contributed by atoms with Gasteiger partial charge in [-0.15, -0.1) is 6.58 Å². The highest BCUT2D eigenvalue weighted by atomic mass is 16.5. The van der Waals surface area contributed by atoms with Crippen LogP contribution in [0.4, 0.5) is 0 Å². The summed E-state index contributed by atoms with van der Waals surface area (Å²) in [5.41, 5.74) is 1.17. The highest BCUT2D eigenvalue weighted by molar-refractivity contribution is 5.92. The molecule has 2 heterocycles. The Balaban J connectivity index is 2.14. The maximum Gasteiger partial charge on any atom is 0.336 e. The summed E-state index contributed by atoms with van der Waals surface area (Å²) in [5, 5.41) is 11.3. The summed E-state index contributed by atoms with van der Waals surface area (Å²) >= 11 is 0. The first-order valence-corrected chi connectivity index (χ1v) is 8.02. The standard InChI is InChI=1S/C19H20O4/c1-4-19(9-10-19)14-16-11(5-6-13(20)22-16)15(21)12-7-8-18(2,3)23-17(12)14/h4-6,21H,1,7-10H2,2-3H3. The zero-order valence-electron chi connectivity index (χ0n) is 13.4. The monoisotopic (exact) mass is 312 g/mol. The van der Waals surface area contributed by atoms with Crippen LogP contribution in [0.15, 0.2) is 34.0 Å². The molecule has 1 aromatic heterocycles. The van der Waals surface area contributed by atoms with Gasteiger partial charge in [0.2, 0.25) is 0 Å². The van der Waals surface area contributed by atoms with Gasteiger partial charge in [0.1, 0.15) is 22.7 Å². The van der Waals surface area contributed by atoms with Gasteiger partial charge in [-0.2, -0.15) is 0 Å². The summed E-state index contributed by atoms with van der Waals surface area (Å²) in [6.45, 7) is 8.04. The van der Waals surface area contributed by atoms with E-state index in [1.165, 1.54) is 6.07 Å². The predicted octanol–water partition coefficient (Wildman–Crippen LogP) is 3.82. The predicted molar refractivity (Wildman–Crippen MR) is 88.3 cm³/mol. The van der Waals surface area contributed by atoms with Gasteiger partial charge in [0.15, 0.2) is 0 Å². The second kappa shape index (κ2) is 4.40. The lowest BCUT2D eigenvalue weighted by Gasteiger charge is -2.35. The highest BCUT2D eigenvalue weighted by Gasteiger charge is 2.48. The molecule has 1 saturated carbocycles. The lowest BCUT2D eigenvalue weighted by molar-refractivity contribution is 0.0821. The molecule has 0 unspecified atom stereocenters. The lowest BCUT2D eigenvalue weighted by atomic mass is 9.85. The molecule has 1 aliphatic heterocycles. The maximum absolute atomic E-state index is 11.8. The first-order valence-electron chi connectivity index (χ1n) is 8.02. The van der Waals surface area contributed by atoms with Crippen molar-refractivity contribution in [3.05, 3.63) is 46.3 Å². The third-order valence-corrected chi connectivity index (χ3v) is 5.14. The molecule has 1 aliphatic carbocycles. The maximum atomic E-state index is 11.8. The molecule has 0 spiro atoms. The van der Waals surface area contributed by atoms with Crippen molar-refractivity contribution in [1.29, 1.82) is 0 Å². The van der Waals surface area contributed by atoms with Crippen LogP contribution in [0.3, 0.4) is 0 Å². The van der Waals surface area contributed by atoms with Crippen LogP contribution in [0, 0.1) is 0 Å². The number of hydrogen-bond acceptors (Lipinski definition) is 4. The second-order valence-electron chi connectivity index (χ2n) is 7.25. The minimum absolute atomic E-state index is 0.165. The van der Waals surface area contributed by atoms with Gasteiger partial charge in [-0.1, -0.05) is 6.08 Å². The van der Waals surface area contributed by atoms with E-state index in [0.717, 1.165) is 36.8 Å². The van der Waals surface area contributed by atoms with Gasteiger partial charge in [0.25, 0.3) is 0 Å². The fraction of sp³-hybridized carbons (Fsp3) is 0.421. The minimum atomic E-state index is -0.423. The van der Waals surface area contributed by atoms with Gasteiger partial charge in [0.05, 0.1) is 5.39 Å². The van der Waals surface area contributed by atoms with Crippen LogP contribution < -0.4 is 10.4 Å². The Morgan fingerprint density at radius 2 is 2.00 bits per heavy atom. The van der Waals surface area contributed by atoms with Crippen LogP contribution in [0.2, 0.25) is 0 Å². The van der Waals surface area contributed by atoms with Crippen molar-refractivity contribution in [2.24, 2.45) is 0 Å². The van der Waals surface area contributed by atoms with Crippen LogP contribution in [0.5, 0.6) is 11.5 Å². The van der Waals surface area contributed by atoms with Gasteiger partial charge in [-0.3, -0.25) is 0 Å². The summed E-state index contributed by atoms with van der Waals surface area (Å²) in [6, 6.07) is 2.98. The average molecular weight is 312 g/mol. The van der Waals surface area contributed by atoms with Crippen molar-refractivity contribution in [2.75, 3.05) is 0 Å². The number of phenolic OH excluding ortho intramolecular Hbond substituents is 1. The number of benzene rings is 1. The normalized spacial score (nSPS) is 20.6. The Hall–Kier alpha value is -2.23. The van der Waals surface area contributed by atoms with Crippen LogP contribution in [0.25, 0.3) is 11.0 Å². The molecule has 2 aromatic rings. The third-order valence-electron chi connectivity index (χ3n) is 5.14. The van der Waals surface area contributed by atoms with Gasteiger partial charge in [0, 0.05) is 22.6 Å². The largest absolute Gasteiger partial charge is 0.507 e. The van der Waals surface area contributed by atoms with Crippen molar-refractivity contribution >= 4 is 11.0 Å². The number of allylic oxidation sites excluding steroid dienone is 1. The zero-order valence-corrected chi connectivity index (χ0v) is 13.4. The van der Waals surface area contributed by atoms with Crippen molar-refractivity contribution < 1.29 is 14.3 Å². The average Bonchev–Trinajstić information content (AvgIpc) is 3.27. The van der Waals surface area contributed by atoms with E-state index in [-0.39, 0.29) is 16.8 Å². The molecule has 120 valence electrons. The lowest BCUT2D eigenvalue weighted by Crippen LogP contribution is -2.34. The minimum Gasteiger partial charge on any atom is -0.507 e. The van der Waals surface area contributed by atoms with E-state index < -0.39 is 5.63 Å². The molecule has 23 heavy (non-hydrogen) atoms. The van der Waals surface area contributed by atoms with E-state index in [1.54, 1.807) is 6.07 Å².